The molecule has 1 unspecified atom stereocenters. The first-order valence-corrected chi connectivity index (χ1v) is 7.40. The fraction of sp³-hybridized carbons (Fsp3) is 0.600. The van der Waals surface area contributed by atoms with Crippen LogP contribution in [0.25, 0.3) is 0 Å². The lowest BCUT2D eigenvalue weighted by molar-refractivity contribution is -0.143. The number of nitrogens with zero attached hydrogens (tertiary/aromatic N) is 1. The van der Waals surface area contributed by atoms with Crippen LogP contribution < -0.4 is 5.32 Å². The Kier molecular flexibility index (Phi) is 6.27. The monoisotopic (exact) mass is 314 g/mol. The van der Waals surface area contributed by atoms with Gasteiger partial charge in [0.2, 0.25) is 0 Å². The van der Waals surface area contributed by atoms with Gasteiger partial charge < -0.3 is 14.6 Å². The lowest BCUT2D eigenvalue weighted by atomic mass is 10.0. The van der Waals surface area contributed by atoms with Crippen LogP contribution in [0.3, 0.4) is 0 Å². The number of amides is 1. The maximum atomic E-state index is 12.4. The second-order valence-electron chi connectivity index (χ2n) is 5.72. The van der Waals surface area contributed by atoms with Crippen molar-refractivity contribution in [2.24, 2.45) is 5.92 Å². The fourth-order valence-corrected chi connectivity index (χ4v) is 2.32. The van der Waals surface area contributed by atoms with Crippen LogP contribution in [-0.4, -0.2) is 29.6 Å². The summed E-state index contributed by atoms with van der Waals surface area (Å²) in [5.74, 6) is -0.507. The van der Waals surface area contributed by atoms with Crippen LogP contribution >= 0.6 is 11.6 Å². The first kappa shape index (κ1) is 17.6. The molecule has 118 valence electrons. The number of hydrogen-bond donors (Lipinski definition) is 1. The Morgan fingerprint density at radius 1 is 1.33 bits per heavy atom. The number of aromatic nitrogens is 1. The summed E-state index contributed by atoms with van der Waals surface area (Å²) in [6.45, 7) is 7.88. The van der Waals surface area contributed by atoms with Crippen LogP contribution in [-0.2, 0) is 9.53 Å². The van der Waals surface area contributed by atoms with Crippen LogP contribution in [0.2, 0.25) is 5.02 Å². The van der Waals surface area contributed by atoms with Gasteiger partial charge in [0.05, 0.1) is 12.1 Å². The Bertz CT molecular complexity index is 509. The molecule has 1 aromatic rings. The van der Waals surface area contributed by atoms with E-state index < -0.39 is 12.0 Å². The summed E-state index contributed by atoms with van der Waals surface area (Å²) >= 11 is 5.97. The smallest absolute Gasteiger partial charge is 0.328 e. The number of hydrogen-bond acceptors (Lipinski definition) is 3. The summed E-state index contributed by atoms with van der Waals surface area (Å²) < 4.78 is 6.53. The van der Waals surface area contributed by atoms with Crippen molar-refractivity contribution in [2.75, 3.05) is 7.11 Å². The summed E-state index contributed by atoms with van der Waals surface area (Å²) in [5, 5.41) is 3.22. The molecule has 1 N–H and O–H groups in total. The number of ether oxygens (including phenoxy) is 1. The summed E-state index contributed by atoms with van der Waals surface area (Å²) in [5.41, 5.74) is 0.438. The van der Waals surface area contributed by atoms with Crippen molar-refractivity contribution in [3.8, 4) is 0 Å². The number of methoxy groups -OCH3 is 1. The molecule has 0 radical (unpaired) electrons. The van der Waals surface area contributed by atoms with Crippen molar-refractivity contribution in [3.05, 3.63) is 23.0 Å². The highest BCUT2D eigenvalue weighted by molar-refractivity contribution is 6.31. The lowest BCUT2D eigenvalue weighted by Crippen LogP contribution is -2.43. The second kappa shape index (κ2) is 7.50. The molecule has 0 saturated carbocycles. The van der Waals surface area contributed by atoms with Gasteiger partial charge in [-0.3, -0.25) is 4.79 Å². The molecule has 5 nitrogen and oxygen atoms in total. The minimum atomic E-state index is -0.656. The van der Waals surface area contributed by atoms with Crippen molar-refractivity contribution < 1.29 is 14.3 Å². The van der Waals surface area contributed by atoms with Gasteiger partial charge in [-0.2, -0.15) is 0 Å². The molecule has 0 aliphatic rings. The molecule has 0 spiro atoms. The van der Waals surface area contributed by atoms with Crippen molar-refractivity contribution in [1.29, 1.82) is 0 Å². The molecule has 1 atom stereocenters. The molecule has 21 heavy (non-hydrogen) atoms. The van der Waals surface area contributed by atoms with E-state index in [1.54, 1.807) is 16.8 Å². The van der Waals surface area contributed by atoms with Crippen LogP contribution in [0.15, 0.2) is 12.3 Å². The predicted molar refractivity (Wildman–Crippen MR) is 82.6 cm³/mol. The van der Waals surface area contributed by atoms with E-state index in [1.165, 1.54) is 7.11 Å². The Balaban J connectivity index is 2.94. The normalized spacial score (nSPS) is 12.6. The van der Waals surface area contributed by atoms with Gasteiger partial charge in [0.15, 0.2) is 0 Å². The Labute approximate surface area is 130 Å². The summed E-state index contributed by atoms with van der Waals surface area (Å²) in [4.78, 5) is 24.2. The predicted octanol–water partition coefficient (Wildman–Crippen LogP) is 3.04. The summed E-state index contributed by atoms with van der Waals surface area (Å²) in [7, 11) is 1.31. The van der Waals surface area contributed by atoms with E-state index in [2.05, 4.69) is 5.32 Å². The molecule has 0 fully saturated rings. The van der Waals surface area contributed by atoms with Gasteiger partial charge >= 0.3 is 5.97 Å². The van der Waals surface area contributed by atoms with Gasteiger partial charge in [0, 0.05) is 12.2 Å². The molecule has 0 saturated heterocycles. The van der Waals surface area contributed by atoms with E-state index in [0.29, 0.717) is 17.1 Å². The van der Waals surface area contributed by atoms with Crippen molar-refractivity contribution in [2.45, 2.75) is 46.2 Å². The maximum Gasteiger partial charge on any atom is 0.328 e. The molecule has 6 heteroatoms. The van der Waals surface area contributed by atoms with Gasteiger partial charge in [-0.25, -0.2) is 4.79 Å². The van der Waals surface area contributed by atoms with Crippen LogP contribution in [0.5, 0.6) is 0 Å². The van der Waals surface area contributed by atoms with E-state index in [4.69, 9.17) is 16.3 Å². The second-order valence-corrected chi connectivity index (χ2v) is 6.16. The minimum absolute atomic E-state index is 0.0972. The molecule has 1 rings (SSSR count). The zero-order chi connectivity index (χ0) is 16.2. The molecule has 0 aliphatic heterocycles. The minimum Gasteiger partial charge on any atom is -0.467 e. The highest BCUT2D eigenvalue weighted by Crippen LogP contribution is 2.19. The number of rotatable bonds is 6. The molecule has 1 amide bonds. The van der Waals surface area contributed by atoms with Crippen LogP contribution in [0.1, 0.15) is 50.6 Å². The van der Waals surface area contributed by atoms with Crippen molar-refractivity contribution >= 4 is 23.5 Å². The van der Waals surface area contributed by atoms with E-state index in [1.807, 2.05) is 27.7 Å². The van der Waals surface area contributed by atoms with E-state index in [0.717, 1.165) is 0 Å². The SMILES string of the molecule is COC(=O)C(CC(C)C)NC(=O)c1cc(Cl)cn1C(C)C. The third-order valence-electron chi connectivity index (χ3n) is 3.10. The number of nitrogens with one attached hydrogen (secondary N) is 1. The van der Waals surface area contributed by atoms with Crippen molar-refractivity contribution in [1.82, 2.24) is 9.88 Å². The molecule has 1 aromatic heterocycles. The van der Waals surface area contributed by atoms with E-state index >= 15 is 0 Å². The molecule has 0 aromatic carbocycles. The quantitative estimate of drug-likeness (QED) is 0.821. The average molecular weight is 315 g/mol. The third-order valence-corrected chi connectivity index (χ3v) is 3.31. The van der Waals surface area contributed by atoms with Gasteiger partial charge in [0.1, 0.15) is 11.7 Å². The topological polar surface area (TPSA) is 60.3 Å². The highest BCUT2D eigenvalue weighted by Gasteiger charge is 2.25. The van der Waals surface area contributed by atoms with E-state index in [9.17, 15) is 9.59 Å². The average Bonchev–Trinajstić information content (AvgIpc) is 2.78. The summed E-state index contributed by atoms with van der Waals surface area (Å²) in [6, 6.07) is 1.04. The maximum absolute atomic E-state index is 12.4. The lowest BCUT2D eigenvalue weighted by Gasteiger charge is -2.19. The van der Waals surface area contributed by atoms with Gasteiger partial charge in [-0.05, 0) is 32.3 Å². The fourth-order valence-electron chi connectivity index (χ4n) is 2.11. The molecule has 0 aliphatic carbocycles. The Hall–Kier alpha value is -1.49. The van der Waals surface area contributed by atoms with E-state index in [-0.39, 0.29) is 17.9 Å². The number of carbonyl (C=O) groups is 2. The highest BCUT2D eigenvalue weighted by atomic mass is 35.5. The molecule has 0 bridgehead atoms. The van der Waals surface area contributed by atoms with Crippen LogP contribution in [0, 0.1) is 5.92 Å². The zero-order valence-corrected chi connectivity index (χ0v) is 13.9. The Morgan fingerprint density at radius 3 is 2.43 bits per heavy atom. The third kappa shape index (κ3) is 4.77. The molecular weight excluding hydrogens is 292 g/mol. The van der Waals surface area contributed by atoms with Crippen LogP contribution in [0.4, 0.5) is 0 Å². The van der Waals surface area contributed by atoms with Gasteiger partial charge in [0.25, 0.3) is 5.91 Å². The summed E-state index contributed by atoms with van der Waals surface area (Å²) in [6.07, 6.45) is 2.23. The van der Waals surface area contributed by atoms with Gasteiger partial charge in [-0.1, -0.05) is 25.4 Å². The Morgan fingerprint density at radius 2 is 1.95 bits per heavy atom. The number of carbonyl (C=O) groups excluding carboxylic acids is 2. The zero-order valence-electron chi connectivity index (χ0n) is 13.1. The first-order chi connectivity index (χ1) is 9.76. The molecular formula is C15H23ClN2O3. The molecule has 1 heterocycles. The number of esters is 1. The van der Waals surface area contributed by atoms with Crippen molar-refractivity contribution in [3.63, 3.8) is 0 Å². The first-order valence-electron chi connectivity index (χ1n) is 7.02. The standard InChI is InChI=1S/C15H23ClN2O3/c1-9(2)6-12(15(20)21-5)17-14(19)13-7-11(16)8-18(13)10(3)4/h7-10,12H,6H2,1-5H3,(H,17,19). The van der Waals surface area contributed by atoms with Gasteiger partial charge in [-0.15, -0.1) is 0 Å². The number of halogens is 1. The largest absolute Gasteiger partial charge is 0.467 e.